The zero-order valence-corrected chi connectivity index (χ0v) is 26.8. The number of hydrogen-bond acceptors (Lipinski definition) is 7. The van der Waals surface area contributed by atoms with E-state index in [0.29, 0.717) is 46.1 Å². The molecule has 4 N–H and O–H groups in total. The minimum atomic E-state index is -5.08. The lowest BCUT2D eigenvalue weighted by Gasteiger charge is -2.35. The smallest absolute Gasteiger partial charge is 0.490 e. The van der Waals surface area contributed by atoms with Gasteiger partial charge < -0.3 is 30.1 Å². The number of benzene rings is 2. The number of pyridine rings is 2. The van der Waals surface area contributed by atoms with Crippen molar-refractivity contribution in [2.75, 3.05) is 18.0 Å². The van der Waals surface area contributed by atoms with Crippen LogP contribution in [0.15, 0.2) is 39.7 Å². The number of aromatic nitrogens is 2. The number of anilines is 1. The molecule has 2 atom stereocenters. The summed E-state index contributed by atoms with van der Waals surface area (Å²) in [6.45, 7) is 1.39. The van der Waals surface area contributed by atoms with E-state index in [1.54, 1.807) is 0 Å². The summed E-state index contributed by atoms with van der Waals surface area (Å²) >= 11 is 3.46. The maximum atomic E-state index is 16.3. The van der Waals surface area contributed by atoms with Gasteiger partial charge in [0.2, 0.25) is 0 Å². The summed E-state index contributed by atoms with van der Waals surface area (Å²) < 4.78 is 96.0. The largest absolute Gasteiger partial charge is 0.508 e. The number of phenolic OH excluding ortho intramolecular Hbond substituents is 1. The molecule has 0 spiro atoms. The third-order valence-electron chi connectivity index (χ3n) is 7.75. The number of hydrogen-bond donors (Lipinski definition) is 4. The molecule has 2 aromatic heterocycles. The Hall–Kier alpha value is -4.96. The van der Waals surface area contributed by atoms with E-state index < -0.39 is 35.9 Å². The van der Waals surface area contributed by atoms with Crippen molar-refractivity contribution in [1.82, 2.24) is 14.9 Å². The highest BCUT2D eigenvalue weighted by Gasteiger charge is 2.39. The Morgan fingerprint density at radius 1 is 1.02 bits per heavy atom. The quantitative estimate of drug-likeness (QED) is 0.149. The van der Waals surface area contributed by atoms with Crippen LogP contribution >= 0.6 is 15.9 Å². The number of carbonyl (C=O) groups is 2. The molecule has 2 unspecified atom stereocenters. The molecule has 50 heavy (non-hydrogen) atoms. The van der Waals surface area contributed by atoms with Crippen molar-refractivity contribution in [3.63, 3.8) is 0 Å². The average molecular weight is 779 g/mol. The van der Waals surface area contributed by atoms with Gasteiger partial charge in [-0.15, -0.1) is 6.42 Å². The highest BCUT2D eigenvalue weighted by molar-refractivity contribution is 9.10. The van der Waals surface area contributed by atoms with Crippen LogP contribution in [-0.2, 0) is 16.6 Å². The van der Waals surface area contributed by atoms with Gasteiger partial charge in [0.05, 0.1) is 16.8 Å². The summed E-state index contributed by atoms with van der Waals surface area (Å²) in [6.07, 6.45) is -0.939. The molecule has 6 rings (SSSR count). The Balaban J connectivity index is 0.000000340. The summed E-state index contributed by atoms with van der Waals surface area (Å²) in [5, 5.41) is 29.4. The third kappa shape index (κ3) is 7.60. The normalized spacial score (nSPS) is 17.0. The number of phenols is 1. The molecule has 19 heteroatoms. The van der Waals surface area contributed by atoms with Crippen molar-refractivity contribution in [3.05, 3.63) is 62.5 Å². The predicted octanol–water partition coefficient (Wildman–Crippen LogP) is 5.69. The Labute approximate surface area is 284 Å². The van der Waals surface area contributed by atoms with Gasteiger partial charge in [0.15, 0.2) is 5.82 Å². The van der Waals surface area contributed by atoms with Crippen LogP contribution in [0, 0.1) is 24.0 Å². The number of aryl methyl sites for hydroxylation is 1. The number of fused-ring (bicyclic) bond motifs is 4. The molecule has 10 nitrogen and oxygen atoms in total. The summed E-state index contributed by atoms with van der Waals surface area (Å²) in [5.41, 5.74) is 0.272. The number of nitrogens with one attached hydrogen (secondary N) is 1. The van der Waals surface area contributed by atoms with E-state index in [2.05, 4.69) is 37.1 Å². The molecule has 0 radical (unpaired) electrons. The first kappa shape index (κ1) is 37.9. The van der Waals surface area contributed by atoms with Crippen LogP contribution < -0.4 is 15.8 Å². The summed E-state index contributed by atoms with van der Waals surface area (Å²) in [5.74, 6) is -4.71. The lowest BCUT2D eigenvalue weighted by atomic mass is 9.95. The van der Waals surface area contributed by atoms with Gasteiger partial charge in [0.1, 0.15) is 21.7 Å². The van der Waals surface area contributed by atoms with Crippen LogP contribution in [0.5, 0.6) is 5.75 Å². The van der Waals surface area contributed by atoms with E-state index in [1.165, 1.54) is 42.1 Å². The highest BCUT2D eigenvalue weighted by Crippen LogP contribution is 2.40. The minimum Gasteiger partial charge on any atom is -0.508 e. The number of aromatic hydroxyl groups is 1. The minimum absolute atomic E-state index is 0.0505. The first-order chi connectivity index (χ1) is 23.2. The predicted molar refractivity (Wildman–Crippen MR) is 167 cm³/mol. The zero-order chi connectivity index (χ0) is 37.5. The molecule has 0 aliphatic carbocycles. The molecule has 2 aliphatic heterocycles. The third-order valence-corrected chi connectivity index (χ3v) is 8.47. The van der Waals surface area contributed by atoms with E-state index in [4.69, 9.17) is 26.2 Å². The van der Waals surface area contributed by atoms with Crippen LogP contribution in [0.3, 0.4) is 0 Å². The molecule has 2 bridgehead atoms. The second-order valence-electron chi connectivity index (χ2n) is 11.0. The van der Waals surface area contributed by atoms with E-state index in [0.717, 1.165) is 12.8 Å². The fraction of sp³-hybridized carbons (Fsp3) is 0.290. The number of rotatable bonds is 2. The molecule has 4 aromatic rings. The monoisotopic (exact) mass is 778 g/mol. The van der Waals surface area contributed by atoms with Crippen molar-refractivity contribution in [1.29, 1.82) is 0 Å². The fourth-order valence-electron chi connectivity index (χ4n) is 5.68. The van der Waals surface area contributed by atoms with Crippen molar-refractivity contribution in [2.45, 2.75) is 37.3 Å². The molecule has 0 amide bonds. The van der Waals surface area contributed by atoms with E-state index in [9.17, 15) is 40.6 Å². The molecule has 2 aliphatic rings. The lowest BCUT2D eigenvalue weighted by Crippen LogP contribution is -2.51. The van der Waals surface area contributed by atoms with Crippen LogP contribution in [0.2, 0.25) is 0 Å². The standard InChI is InChI=1S/C27H21BrF2N4O2.2C2HF3O2/c1-3-17-20(29)7-4-13-8-16(35)9-18(21(13)17)24-23(30)26-19(10-31-24)25(22(28)27(36)33(26)2)34-11-14-5-6-15(12-34)32-14;2*3-2(4,5)1(6)7/h1,4,7-10,14-15,32,35H,5-6,11-12H2,2H3;2*(H,6,7). The number of terminal acetylenes is 1. The first-order valence-electron chi connectivity index (χ1n) is 14.1. The Kier molecular flexibility index (Phi) is 10.7. The Morgan fingerprint density at radius 2 is 1.56 bits per heavy atom. The Bertz CT molecular complexity index is 2080. The number of carboxylic acids is 2. The van der Waals surface area contributed by atoms with Crippen LogP contribution in [0.25, 0.3) is 32.9 Å². The number of piperazine rings is 1. The number of nitrogens with zero attached hydrogens (tertiary/aromatic N) is 3. The van der Waals surface area contributed by atoms with Gasteiger partial charge in [0.25, 0.3) is 5.56 Å². The molecular weight excluding hydrogens is 756 g/mol. The van der Waals surface area contributed by atoms with Gasteiger partial charge >= 0.3 is 24.3 Å². The van der Waals surface area contributed by atoms with Crippen LogP contribution in [0.1, 0.15) is 18.4 Å². The maximum Gasteiger partial charge on any atom is 0.490 e. The zero-order valence-electron chi connectivity index (χ0n) is 25.3. The number of carboxylic acid groups (broad SMARTS) is 2. The Morgan fingerprint density at radius 3 is 2.06 bits per heavy atom. The molecule has 2 aromatic carbocycles. The first-order valence-corrected chi connectivity index (χ1v) is 14.9. The van der Waals surface area contributed by atoms with Gasteiger partial charge in [0, 0.05) is 54.8 Å². The van der Waals surface area contributed by atoms with Crippen molar-refractivity contribution >= 4 is 55.2 Å². The molecule has 2 saturated heterocycles. The van der Waals surface area contributed by atoms with Gasteiger partial charge in [-0.2, -0.15) is 26.3 Å². The maximum absolute atomic E-state index is 16.3. The highest BCUT2D eigenvalue weighted by atomic mass is 79.9. The molecule has 0 saturated carbocycles. The lowest BCUT2D eigenvalue weighted by molar-refractivity contribution is -0.193. The van der Waals surface area contributed by atoms with Crippen molar-refractivity contribution < 1.29 is 60.0 Å². The SMILES string of the molecule is C#Cc1c(F)ccc2cc(O)cc(-c3ncc4c(N5CC6CCC(C5)N6)c(Br)c(=O)n(C)c4c3F)c12.O=C(O)C(F)(F)F.O=C(O)C(F)(F)F. The number of alkyl halides is 6. The summed E-state index contributed by atoms with van der Waals surface area (Å²) in [6, 6.07) is 6.04. The molecule has 266 valence electrons. The van der Waals surface area contributed by atoms with E-state index in [-0.39, 0.29) is 39.0 Å². The van der Waals surface area contributed by atoms with Crippen LogP contribution in [-0.4, -0.2) is 74.3 Å². The average Bonchev–Trinajstić information content (AvgIpc) is 3.36. The van der Waals surface area contributed by atoms with Gasteiger partial charge in [-0.25, -0.2) is 18.4 Å². The molecular formula is C31H23BrF8N4O6. The fourth-order valence-corrected chi connectivity index (χ4v) is 6.41. The summed E-state index contributed by atoms with van der Waals surface area (Å²) in [4.78, 5) is 37.6. The second-order valence-corrected chi connectivity index (χ2v) is 11.8. The molecule has 4 heterocycles. The second kappa shape index (κ2) is 14.1. The number of aliphatic carboxylic acids is 2. The van der Waals surface area contributed by atoms with Gasteiger partial charge in [-0.1, -0.05) is 12.0 Å². The van der Waals surface area contributed by atoms with Crippen LogP contribution in [0.4, 0.5) is 40.8 Å². The van der Waals surface area contributed by atoms with Crippen molar-refractivity contribution in [2.24, 2.45) is 7.05 Å². The van der Waals surface area contributed by atoms with E-state index in [1.807, 2.05) is 0 Å². The van der Waals surface area contributed by atoms with Gasteiger partial charge in [-0.3, -0.25) is 9.78 Å². The topological polar surface area (TPSA) is 145 Å². The summed E-state index contributed by atoms with van der Waals surface area (Å²) in [7, 11) is 1.50. The van der Waals surface area contributed by atoms with E-state index >= 15 is 4.39 Å². The van der Waals surface area contributed by atoms with Gasteiger partial charge in [-0.05, 0) is 52.4 Å². The van der Waals surface area contributed by atoms with Crippen molar-refractivity contribution in [3.8, 4) is 29.4 Å². The number of halogens is 9. The molecule has 2 fully saturated rings.